The first-order valence-corrected chi connectivity index (χ1v) is 7.50. The van der Waals surface area contributed by atoms with E-state index in [1.165, 1.54) is 11.8 Å². The third-order valence-electron chi connectivity index (χ3n) is 3.08. The highest BCUT2D eigenvalue weighted by atomic mass is 35.5. The first-order valence-electron chi connectivity index (χ1n) is 6.31. The van der Waals surface area contributed by atoms with Gasteiger partial charge in [0.1, 0.15) is 5.75 Å². The molecule has 4 nitrogen and oxygen atoms in total. The van der Waals surface area contributed by atoms with Crippen LogP contribution in [0.3, 0.4) is 0 Å². The van der Waals surface area contributed by atoms with Gasteiger partial charge in [-0.15, -0.1) is 0 Å². The molecule has 0 fully saturated rings. The van der Waals surface area contributed by atoms with E-state index in [1.54, 1.807) is 13.2 Å². The molecule has 3 rings (SSSR count). The normalized spacial score (nSPS) is 11.0. The number of H-pyrrole nitrogens is 1. The Hall–Kier alpha value is -1.69. The molecule has 0 bridgehead atoms. The van der Waals surface area contributed by atoms with E-state index in [0.717, 1.165) is 32.4 Å². The van der Waals surface area contributed by atoms with E-state index in [-0.39, 0.29) is 6.61 Å². The van der Waals surface area contributed by atoms with Gasteiger partial charge in [0, 0.05) is 11.0 Å². The molecule has 1 aromatic heterocycles. The highest BCUT2D eigenvalue weighted by Gasteiger charge is 2.11. The van der Waals surface area contributed by atoms with Gasteiger partial charge in [0.15, 0.2) is 5.16 Å². The summed E-state index contributed by atoms with van der Waals surface area (Å²) in [7, 11) is 1.63. The molecule has 21 heavy (non-hydrogen) atoms. The molecular weight excluding hydrogens is 308 g/mol. The second-order valence-corrected chi connectivity index (χ2v) is 5.82. The first kappa shape index (κ1) is 14.3. The Labute approximate surface area is 131 Å². The van der Waals surface area contributed by atoms with Gasteiger partial charge in [-0.1, -0.05) is 23.7 Å². The maximum Gasteiger partial charge on any atom is 0.171 e. The topological polar surface area (TPSA) is 58.1 Å². The number of benzene rings is 2. The molecule has 0 amide bonds. The summed E-state index contributed by atoms with van der Waals surface area (Å²) < 4.78 is 5.20. The van der Waals surface area contributed by atoms with Crippen molar-refractivity contribution in [1.29, 1.82) is 0 Å². The van der Waals surface area contributed by atoms with Crippen molar-refractivity contribution in [3.63, 3.8) is 0 Å². The molecule has 0 saturated heterocycles. The third kappa shape index (κ3) is 2.85. The van der Waals surface area contributed by atoms with Crippen LogP contribution in [0.2, 0.25) is 5.02 Å². The molecule has 2 aromatic carbocycles. The molecule has 0 aliphatic rings. The molecule has 0 radical (unpaired) electrons. The lowest BCUT2D eigenvalue weighted by Crippen LogP contribution is -1.88. The second kappa shape index (κ2) is 5.97. The van der Waals surface area contributed by atoms with Crippen LogP contribution in [0.25, 0.3) is 11.0 Å². The summed E-state index contributed by atoms with van der Waals surface area (Å²) in [6, 6.07) is 11.1. The van der Waals surface area contributed by atoms with Crippen molar-refractivity contribution in [2.24, 2.45) is 0 Å². The maximum absolute atomic E-state index is 9.41. The highest BCUT2D eigenvalue weighted by molar-refractivity contribution is 7.99. The fraction of sp³-hybridized carbons (Fsp3) is 0.133. The van der Waals surface area contributed by atoms with Gasteiger partial charge in [0.2, 0.25) is 0 Å². The Morgan fingerprint density at radius 1 is 1.33 bits per heavy atom. The zero-order valence-electron chi connectivity index (χ0n) is 11.3. The Kier molecular flexibility index (Phi) is 4.05. The Morgan fingerprint density at radius 3 is 2.95 bits per heavy atom. The van der Waals surface area contributed by atoms with Crippen LogP contribution in [0.15, 0.2) is 46.5 Å². The standard InChI is InChI=1S/C15H13ClN2O2S/c1-20-10-5-6-12-13(7-10)18-15(17-12)21-14-9(8-19)3-2-4-11(14)16/h2-7,19H,8H2,1H3,(H,17,18). The van der Waals surface area contributed by atoms with Crippen LogP contribution in [-0.2, 0) is 6.61 Å². The van der Waals surface area contributed by atoms with Gasteiger partial charge in [-0.2, -0.15) is 0 Å². The lowest BCUT2D eigenvalue weighted by molar-refractivity contribution is 0.279. The average molecular weight is 321 g/mol. The van der Waals surface area contributed by atoms with Crippen LogP contribution in [0.5, 0.6) is 5.75 Å². The van der Waals surface area contributed by atoms with Gasteiger partial charge in [-0.3, -0.25) is 0 Å². The van der Waals surface area contributed by atoms with E-state index < -0.39 is 0 Å². The third-order valence-corrected chi connectivity index (χ3v) is 4.58. The van der Waals surface area contributed by atoms with Crippen molar-refractivity contribution < 1.29 is 9.84 Å². The van der Waals surface area contributed by atoms with Gasteiger partial charge in [0.05, 0.1) is 29.8 Å². The van der Waals surface area contributed by atoms with Gasteiger partial charge in [0.25, 0.3) is 0 Å². The van der Waals surface area contributed by atoms with E-state index in [0.29, 0.717) is 5.02 Å². The van der Waals surface area contributed by atoms with Crippen LogP contribution in [0.1, 0.15) is 5.56 Å². The number of fused-ring (bicyclic) bond motifs is 1. The summed E-state index contributed by atoms with van der Waals surface area (Å²) in [5, 5.41) is 10.7. The smallest absolute Gasteiger partial charge is 0.171 e. The minimum Gasteiger partial charge on any atom is -0.497 e. The second-order valence-electron chi connectivity index (χ2n) is 4.41. The summed E-state index contributed by atoms with van der Waals surface area (Å²) in [5.74, 6) is 0.775. The number of aliphatic hydroxyl groups excluding tert-OH is 1. The number of hydrogen-bond acceptors (Lipinski definition) is 4. The van der Waals surface area contributed by atoms with E-state index >= 15 is 0 Å². The number of hydrogen-bond donors (Lipinski definition) is 2. The van der Waals surface area contributed by atoms with Crippen LogP contribution < -0.4 is 4.74 Å². The monoisotopic (exact) mass is 320 g/mol. The molecular formula is C15H13ClN2O2S. The summed E-state index contributed by atoms with van der Waals surface area (Å²) in [6.45, 7) is -0.0586. The molecule has 6 heteroatoms. The number of rotatable bonds is 4. The van der Waals surface area contributed by atoms with Crippen LogP contribution in [0, 0.1) is 0 Å². The summed E-state index contributed by atoms with van der Waals surface area (Å²) in [5.41, 5.74) is 2.54. The fourth-order valence-corrected chi connectivity index (χ4v) is 3.27. The van der Waals surface area contributed by atoms with E-state index in [1.807, 2.05) is 30.3 Å². The number of imidazole rings is 1. The molecule has 3 aromatic rings. The Morgan fingerprint density at radius 2 is 2.19 bits per heavy atom. The van der Waals surface area contributed by atoms with Crippen molar-refractivity contribution in [2.75, 3.05) is 7.11 Å². The largest absolute Gasteiger partial charge is 0.497 e. The lowest BCUT2D eigenvalue weighted by atomic mass is 10.2. The number of halogens is 1. The number of aliphatic hydroxyl groups is 1. The predicted octanol–water partition coefficient (Wildman–Crippen LogP) is 3.87. The molecule has 2 N–H and O–H groups in total. The minimum absolute atomic E-state index is 0.0586. The van der Waals surface area contributed by atoms with Crippen LogP contribution in [0.4, 0.5) is 0 Å². The van der Waals surface area contributed by atoms with Gasteiger partial charge in [-0.25, -0.2) is 4.98 Å². The molecule has 0 aliphatic heterocycles. The van der Waals surface area contributed by atoms with E-state index in [9.17, 15) is 5.11 Å². The molecule has 0 saturated carbocycles. The number of methoxy groups -OCH3 is 1. The highest BCUT2D eigenvalue weighted by Crippen LogP contribution is 2.35. The van der Waals surface area contributed by atoms with Crippen molar-refractivity contribution >= 4 is 34.4 Å². The molecule has 0 aliphatic carbocycles. The number of nitrogens with zero attached hydrogens (tertiary/aromatic N) is 1. The van der Waals surface area contributed by atoms with Crippen molar-refractivity contribution in [2.45, 2.75) is 16.7 Å². The Balaban J connectivity index is 1.98. The van der Waals surface area contributed by atoms with Crippen LogP contribution in [-0.4, -0.2) is 22.2 Å². The van der Waals surface area contributed by atoms with E-state index in [2.05, 4.69) is 9.97 Å². The quantitative estimate of drug-likeness (QED) is 0.766. The Bertz CT molecular complexity index is 788. The van der Waals surface area contributed by atoms with Crippen molar-refractivity contribution in [3.8, 4) is 5.75 Å². The fourth-order valence-electron chi connectivity index (χ4n) is 2.03. The summed E-state index contributed by atoms with van der Waals surface area (Å²) >= 11 is 7.62. The molecule has 1 heterocycles. The average Bonchev–Trinajstić information content (AvgIpc) is 2.90. The number of aromatic nitrogens is 2. The summed E-state index contributed by atoms with van der Waals surface area (Å²) in [6.07, 6.45) is 0. The SMILES string of the molecule is COc1ccc2nc(Sc3c(Cl)cccc3CO)[nH]c2c1. The van der Waals surface area contributed by atoms with E-state index in [4.69, 9.17) is 16.3 Å². The minimum atomic E-state index is -0.0586. The van der Waals surface area contributed by atoms with Crippen molar-refractivity contribution in [3.05, 3.63) is 47.0 Å². The number of nitrogens with one attached hydrogen (secondary N) is 1. The molecule has 0 spiro atoms. The number of ether oxygens (including phenoxy) is 1. The van der Waals surface area contributed by atoms with Gasteiger partial charge < -0.3 is 14.8 Å². The molecule has 0 atom stereocenters. The molecule has 0 unspecified atom stereocenters. The van der Waals surface area contributed by atoms with Gasteiger partial charge >= 0.3 is 0 Å². The first-order chi connectivity index (χ1) is 10.2. The van der Waals surface area contributed by atoms with Gasteiger partial charge in [-0.05, 0) is 35.5 Å². The van der Waals surface area contributed by atoms with Crippen LogP contribution >= 0.6 is 23.4 Å². The zero-order chi connectivity index (χ0) is 14.8. The lowest BCUT2D eigenvalue weighted by Gasteiger charge is -2.06. The number of aromatic amines is 1. The summed E-state index contributed by atoms with van der Waals surface area (Å²) in [4.78, 5) is 8.55. The van der Waals surface area contributed by atoms with Crippen molar-refractivity contribution in [1.82, 2.24) is 9.97 Å². The predicted molar refractivity (Wildman–Crippen MR) is 84.1 cm³/mol. The maximum atomic E-state index is 9.41. The zero-order valence-corrected chi connectivity index (χ0v) is 12.8. The molecule has 108 valence electrons.